The highest BCUT2D eigenvalue weighted by Crippen LogP contribution is 2.23. The van der Waals surface area contributed by atoms with Gasteiger partial charge in [0.15, 0.2) is 11.6 Å². The highest BCUT2D eigenvalue weighted by atomic mass is 32.1. The minimum Gasteiger partial charge on any atom is -0.465 e. The zero-order chi connectivity index (χ0) is 21.2. The van der Waals surface area contributed by atoms with Crippen LogP contribution in [0.5, 0.6) is 5.75 Å². The summed E-state index contributed by atoms with van der Waals surface area (Å²) < 4.78 is 17.7. The van der Waals surface area contributed by atoms with E-state index in [1.807, 2.05) is 20.8 Å². The molecule has 0 unspecified atom stereocenters. The van der Waals surface area contributed by atoms with Gasteiger partial charge in [-0.25, -0.2) is 9.36 Å². The Morgan fingerprint density at radius 1 is 1.28 bits per heavy atom. The molecule has 1 aromatic heterocycles. The van der Waals surface area contributed by atoms with Crippen LogP contribution in [0.25, 0.3) is 5.69 Å². The van der Waals surface area contributed by atoms with Gasteiger partial charge in [-0.05, 0) is 45.1 Å². The minimum absolute atomic E-state index is 0.0413. The summed E-state index contributed by atoms with van der Waals surface area (Å²) in [5.41, 5.74) is 0.841. The number of H-pyrrole nitrogens is 1. The molecule has 1 aliphatic heterocycles. The molecule has 8 nitrogen and oxygen atoms in total. The molecular formula is C20H25N3O5S. The number of aromatic amines is 1. The number of carbonyl (C=O) groups is 1. The Balaban J connectivity index is 2.01. The molecule has 9 heteroatoms. The van der Waals surface area contributed by atoms with Gasteiger partial charge in [0.2, 0.25) is 0 Å². The van der Waals surface area contributed by atoms with E-state index in [0.717, 1.165) is 5.69 Å². The number of benzene rings is 1. The molecule has 29 heavy (non-hydrogen) atoms. The van der Waals surface area contributed by atoms with Gasteiger partial charge in [0.1, 0.15) is 11.4 Å². The quantitative estimate of drug-likeness (QED) is 0.605. The number of hydrogen-bond donors (Lipinski definition) is 1. The summed E-state index contributed by atoms with van der Waals surface area (Å²) >= 11 is 5.45. The molecule has 1 N–H and O–H groups in total. The predicted octanol–water partition coefficient (Wildman–Crippen LogP) is 3.17. The Morgan fingerprint density at radius 3 is 2.69 bits per heavy atom. The van der Waals surface area contributed by atoms with Crippen molar-refractivity contribution in [1.29, 1.82) is 0 Å². The maximum absolute atomic E-state index is 13.3. The van der Waals surface area contributed by atoms with Gasteiger partial charge >= 0.3 is 6.09 Å². The molecule has 0 atom stereocenters. The molecular weight excluding hydrogens is 394 g/mol. The van der Waals surface area contributed by atoms with Crippen molar-refractivity contribution in [3.63, 3.8) is 0 Å². The molecule has 1 aromatic carbocycles. The fraction of sp³-hybridized carbons (Fsp3) is 0.450. The molecule has 156 valence electrons. The Morgan fingerprint density at radius 2 is 2.00 bits per heavy atom. The Hall–Kier alpha value is -2.65. The van der Waals surface area contributed by atoms with Crippen molar-refractivity contribution in [3.05, 3.63) is 50.6 Å². The number of aromatic nitrogens is 2. The van der Waals surface area contributed by atoms with Crippen molar-refractivity contribution < 1.29 is 19.0 Å². The molecule has 0 fully saturated rings. The number of carbonyl (C=O) groups excluding carboxylic acids is 1. The van der Waals surface area contributed by atoms with E-state index in [-0.39, 0.29) is 23.7 Å². The smallest absolute Gasteiger partial charge is 0.410 e. The van der Waals surface area contributed by atoms with E-state index in [2.05, 4.69) is 4.98 Å². The molecule has 0 saturated carbocycles. The third-order valence-electron chi connectivity index (χ3n) is 4.36. The highest BCUT2D eigenvalue weighted by molar-refractivity contribution is 7.71. The van der Waals surface area contributed by atoms with Crippen LogP contribution in [0.3, 0.4) is 0 Å². The lowest BCUT2D eigenvalue weighted by Crippen LogP contribution is -2.43. The van der Waals surface area contributed by atoms with E-state index < -0.39 is 11.7 Å². The van der Waals surface area contributed by atoms with Crippen LogP contribution in [0.4, 0.5) is 4.79 Å². The SMILES string of the molecule is COCOc1ccccc1-n1c(=S)[nH]c2c(c1=O)CN(C(=O)OC(C)(C)C)CC2. The first-order chi connectivity index (χ1) is 13.7. The number of nitrogens with one attached hydrogen (secondary N) is 1. The molecule has 2 heterocycles. The van der Waals surface area contributed by atoms with Crippen LogP contribution >= 0.6 is 12.2 Å². The lowest BCUT2D eigenvalue weighted by atomic mass is 10.1. The van der Waals surface area contributed by atoms with Crippen LogP contribution in [-0.2, 0) is 22.4 Å². The summed E-state index contributed by atoms with van der Waals surface area (Å²) in [6.07, 6.45) is 0.0521. The maximum Gasteiger partial charge on any atom is 0.410 e. The molecule has 2 aromatic rings. The average Bonchev–Trinajstić information content (AvgIpc) is 2.65. The maximum atomic E-state index is 13.3. The van der Waals surface area contributed by atoms with Crippen LogP contribution in [-0.4, -0.2) is 46.6 Å². The van der Waals surface area contributed by atoms with E-state index in [1.54, 1.807) is 24.3 Å². The normalized spacial score (nSPS) is 13.7. The zero-order valence-corrected chi connectivity index (χ0v) is 17.8. The Bertz CT molecular complexity index is 1020. The van der Waals surface area contributed by atoms with Gasteiger partial charge in [-0.15, -0.1) is 0 Å². The van der Waals surface area contributed by atoms with Crippen molar-refractivity contribution in [1.82, 2.24) is 14.5 Å². The number of para-hydroxylation sites is 2. The Kier molecular flexibility index (Phi) is 6.09. The second kappa shape index (κ2) is 8.38. The number of fused-ring (bicyclic) bond motifs is 1. The van der Waals surface area contributed by atoms with Gasteiger partial charge in [0.25, 0.3) is 5.56 Å². The number of rotatable bonds is 4. The fourth-order valence-corrected chi connectivity index (χ4v) is 3.40. The summed E-state index contributed by atoms with van der Waals surface area (Å²) in [7, 11) is 1.52. The summed E-state index contributed by atoms with van der Waals surface area (Å²) in [6.45, 7) is 6.07. The average molecular weight is 420 g/mol. The zero-order valence-electron chi connectivity index (χ0n) is 17.0. The summed E-state index contributed by atoms with van der Waals surface area (Å²) in [4.78, 5) is 30.5. The number of amides is 1. The van der Waals surface area contributed by atoms with Gasteiger partial charge in [0, 0.05) is 25.8 Å². The molecule has 1 aliphatic rings. The third-order valence-corrected chi connectivity index (χ3v) is 4.64. The monoisotopic (exact) mass is 419 g/mol. The summed E-state index contributed by atoms with van der Waals surface area (Å²) in [5, 5.41) is 0. The van der Waals surface area contributed by atoms with Gasteiger partial charge in [-0.3, -0.25) is 4.79 Å². The van der Waals surface area contributed by atoms with E-state index >= 15 is 0 Å². The largest absolute Gasteiger partial charge is 0.465 e. The van der Waals surface area contributed by atoms with Crippen molar-refractivity contribution in [2.24, 2.45) is 0 Å². The topological polar surface area (TPSA) is 85.8 Å². The fourth-order valence-electron chi connectivity index (χ4n) is 3.10. The minimum atomic E-state index is -0.605. The summed E-state index contributed by atoms with van der Waals surface area (Å²) in [5.74, 6) is 0.468. The van der Waals surface area contributed by atoms with E-state index in [4.69, 9.17) is 26.4 Å². The second-order valence-corrected chi connectivity index (χ2v) is 8.09. The van der Waals surface area contributed by atoms with Crippen LogP contribution in [0.2, 0.25) is 0 Å². The number of nitrogens with zero attached hydrogens (tertiary/aromatic N) is 2. The number of ether oxygens (including phenoxy) is 3. The molecule has 0 saturated heterocycles. The van der Waals surface area contributed by atoms with Gasteiger partial charge in [-0.1, -0.05) is 12.1 Å². The lowest BCUT2D eigenvalue weighted by molar-refractivity contribution is 0.0221. The van der Waals surface area contributed by atoms with E-state index in [9.17, 15) is 9.59 Å². The first-order valence-electron chi connectivity index (χ1n) is 9.27. The first kappa shape index (κ1) is 21.1. The highest BCUT2D eigenvalue weighted by Gasteiger charge is 2.28. The van der Waals surface area contributed by atoms with Crippen molar-refractivity contribution in [2.75, 3.05) is 20.4 Å². The van der Waals surface area contributed by atoms with Crippen LogP contribution in [0.1, 0.15) is 32.0 Å². The van der Waals surface area contributed by atoms with E-state index in [0.29, 0.717) is 30.0 Å². The van der Waals surface area contributed by atoms with Crippen LogP contribution in [0, 0.1) is 4.77 Å². The Labute approximate surface area is 174 Å². The van der Waals surface area contributed by atoms with Crippen molar-refractivity contribution in [2.45, 2.75) is 39.3 Å². The van der Waals surface area contributed by atoms with Crippen LogP contribution in [0.15, 0.2) is 29.1 Å². The molecule has 0 bridgehead atoms. The number of methoxy groups -OCH3 is 1. The second-order valence-electron chi connectivity index (χ2n) is 7.70. The molecule has 0 spiro atoms. The molecule has 0 aliphatic carbocycles. The molecule has 1 amide bonds. The van der Waals surface area contributed by atoms with Crippen molar-refractivity contribution in [3.8, 4) is 11.4 Å². The van der Waals surface area contributed by atoms with Crippen LogP contribution < -0.4 is 10.3 Å². The first-order valence-corrected chi connectivity index (χ1v) is 9.68. The summed E-state index contributed by atoms with van der Waals surface area (Å²) in [6, 6.07) is 7.08. The predicted molar refractivity (Wildman–Crippen MR) is 110 cm³/mol. The van der Waals surface area contributed by atoms with Gasteiger partial charge in [0.05, 0.1) is 17.8 Å². The molecule has 0 radical (unpaired) electrons. The standard InChI is InChI=1S/C20H25N3O5S/c1-20(2,3)28-19(25)22-10-9-14-13(11-22)17(24)23(18(29)21-14)15-7-5-6-8-16(15)27-12-26-4/h5-8H,9-12H2,1-4H3,(H,21,29). The molecule has 3 rings (SSSR count). The van der Waals surface area contributed by atoms with Gasteiger partial charge in [-0.2, -0.15) is 0 Å². The van der Waals surface area contributed by atoms with Crippen molar-refractivity contribution >= 4 is 18.3 Å². The third kappa shape index (κ3) is 4.68. The lowest BCUT2D eigenvalue weighted by Gasteiger charge is -2.31. The van der Waals surface area contributed by atoms with E-state index in [1.165, 1.54) is 16.6 Å². The number of hydrogen-bond acceptors (Lipinski definition) is 6. The van der Waals surface area contributed by atoms with Gasteiger partial charge < -0.3 is 24.1 Å².